The van der Waals surface area contributed by atoms with Crippen LogP contribution in [-0.4, -0.2) is 90.0 Å². The first kappa shape index (κ1) is 25.0. The maximum absolute atomic E-state index is 4.56. The molecular formula is C27H42N6. The Hall–Kier alpha value is -2.60. The van der Waals surface area contributed by atoms with E-state index in [2.05, 4.69) is 81.7 Å². The third kappa shape index (κ3) is 6.70. The van der Waals surface area contributed by atoms with E-state index in [0.717, 1.165) is 82.7 Å². The Bertz CT molecular complexity index is 895. The number of rotatable bonds is 7. The van der Waals surface area contributed by atoms with Gasteiger partial charge in [0.15, 0.2) is 0 Å². The number of amidine groups is 1. The molecule has 0 spiro atoms. The van der Waals surface area contributed by atoms with Crippen molar-refractivity contribution < 1.29 is 0 Å². The van der Waals surface area contributed by atoms with Gasteiger partial charge in [0.2, 0.25) is 0 Å². The summed E-state index contributed by atoms with van der Waals surface area (Å²) < 4.78 is 0. The molecule has 0 atom stereocenters. The molecule has 0 unspecified atom stereocenters. The Kier molecular flexibility index (Phi) is 8.73. The average molecular weight is 451 g/mol. The molecule has 0 saturated carbocycles. The van der Waals surface area contributed by atoms with Crippen molar-refractivity contribution in [3.05, 3.63) is 53.9 Å². The maximum atomic E-state index is 4.56. The van der Waals surface area contributed by atoms with E-state index in [9.17, 15) is 0 Å². The van der Waals surface area contributed by atoms with Crippen LogP contribution in [0, 0.1) is 6.92 Å². The molecule has 2 heterocycles. The van der Waals surface area contributed by atoms with Crippen molar-refractivity contribution in [2.45, 2.75) is 41.2 Å². The number of nitrogens with zero attached hydrogens (tertiary/aromatic N) is 6. The lowest BCUT2D eigenvalue weighted by Crippen LogP contribution is -2.47. The summed E-state index contributed by atoms with van der Waals surface area (Å²) in [4.78, 5) is 18.7. The van der Waals surface area contributed by atoms with Gasteiger partial charge in [0, 0.05) is 82.4 Å². The van der Waals surface area contributed by atoms with Gasteiger partial charge in [-0.05, 0) is 51.8 Å². The standard InChI is InChI=1S/C27H42N6/c1-8-28-24(6)32-13-11-30(12-14-32)20-26-10-9-22(4)27(19-26)23(5)31-15-17-33(18-16-31)25(7)29-21(2)3/h9-10,19H,5,7-8,11-18,20H2,1-4,6H3/b28-24+. The van der Waals surface area contributed by atoms with Crippen LogP contribution in [0.4, 0.5) is 0 Å². The van der Waals surface area contributed by atoms with Crippen LogP contribution in [-0.2, 0) is 6.54 Å². The largest absolute Gasteiger partial charge is 0.368 e. The lowest BCUT2D eigenvalue weighted by atomic mass is 10.0. The minimum atomic E-state index is 0.859. The fourth-order valence-electron chi connectivity index (χ4n) is 4.63. The maximum Gasteiger partial charge on any atom is 0.121 e. The Balaban J connectivity index is 1.58. The molecule has 33 heavy (non-hydrogen) atoms. The van der Waals surface area contributed by atoms with Crippen LogP contribution >= 0.6 is 0 Å². The number of benzene rings is 1. The Morgan fingerprint density at radius 1 is 0.879 bits per heavy atom. The quantitative estimate of drug-likeness (QED) is 0.463. The first-order valence-electron chi connectivity index (χ1n) is 12.3. The molecule has 1 aromatic carbocycles. The van der Waals surface area contributed by atoms with Gasteiger partial charge < -0.3 is 14.7 Å². The zero-order valence-corrected chi connectivity index (χ0v) is 21.4. The summed E-state index contributed by atoms with van der Waals surface area (Å²) in [5, 5.41) is 0. The van der Waals surface area contributed by atoms with Crippen molar-refractivity contribution in [2.24, 2.45) is 9.98 Å². The van der Waals surface area contributed by atoms with E-state index in [1.165, 1.54) is 22.5 Å². The van der Waals surface area contributed by atoms with E-state index in [4.69, 9.17) is 0 Å². The molecule has 0 radical (unpaired) electrons. The van der Waals surface area contributed by atoms with Crippen LogP contribution in [0.25, 0.3) is 5.70 Å². The highest BCUT2D eigenvalue weighted by Crippen LogP contribution is 2.25. The Morgan fingerprint density at radius 2 is 1.48 bits per heavy atom. The van der Waals surface area contributed by atoms with E-state index in [1.54, 1.807) is 0 Å². The second-order valence-corrected chi connectivity index (χ2v) is 9.33. The van der Waals surface area contributed by atoms with Crippen molar-refractivity contribution in [3.8, 4) is 0 Å². The molecule has 0 amide bonds. The molecular weight excluding hydrogens is 408 g/mol. The van der Waals surface area contributed by atoms with Crippen LogP contribution in [0.15, 0.2) is 47.2 Å². The van der Waals surface area contributed by atoms with E-state index >= 15 is 0 Å². The second kappa shape index (κ2) is 11.5. The van der Waals surface area contributed by atoms with E-state index in [1.807, 2.05) is 13.8 Å². The van der Waals surface area contributed by atoms with Crippen molar-refractivity contribution in [3.63, 3.8) is 0 Å². The predicted octanol–water partition coefficient (Wildman–Crippen LogP) is 4.09. The molecule has 2 aliphatic rings. The van der Waals surface area contributed by atoms with Gasteiger partial charge in [-0.1, -0.05) is 25.3 Å². The predicted molar refractivity (Wildman–Crippen MR) is 142 cm³/mol. The highest BCUT2D eigenvalue weighted by Gasteiger charge is 2.21. The fourth-order valence-corrected chi connectivity index (χ4v) is 4.63. The van der Waals surface area contributed by atoms with Crippen LogP contribution in [0.3, 0.4) is 0 Å². The molecule has 180 valence electrons. The third-order valence-electron chi connectivity index (χ3n) is 6.62. The summed E-state index contributed by atoms with van der Waals surface area (Å²) in [6, 6.07) is 6.88. The van der Waals surface area contributed by atoms with Gasteiger partial charge >= 0.3 is 0 Å². The Labute approximate surface area is 201 Å². The van der Waals surface area contributed by atoms with Gasteiger partial charge in [0.25, 0.3) is 0 Å². The van der Waals surface area contributed by atoms with Crippen molar-refractivity contribution in [1.29, 1.82) is 0 Å². The molecule has 2 fully saturated rings. The zero-order chi connectivity index (χ0) is 24.0. The minimum Gasteiger partial charge on any atom is -0.368 e. The number of hydrogen-bond donors (Lipinski definition) is 0. The normalized spacial score (nSPS) is 17.8. The summed E-state index contributed by atoms with van der Waals surface area (Å²) in [5.74, 6) is 2.04. The molecule has 2 aliphatic heterocycles. The third-order valence-corrected chi connectivity index (χ3v) is 6.62. The van der Waals surface area contributed by atoms with Gasteiger partial charge in [0.05, 0.1) is 5.84 Å². The van der Waals surface area contributed by atoms with Gasteiger partial charge in [0.1, 0.15) is 5.82 Å². The van der Waals surface area contributed by atoms with Gasteiger partial charge in [-0.3, -0.25) is 9.89 Å². The Morgan fingerprint density at radius 3 is 2.09 bits per heavy atom. The molecule has 6 nitrogen and oxygen atoms in total. The number of hydrogen-bond acceptors (Lipinski definition) is 5. The number of piperazine rings is 2. The molecule has 6 heteroatoms. The van der Waals surface area contributed by atoms with Crippen molar-refractivity contribution in [1.82, 2.24) is 19.6 Å². The summed E-state index contributed by atoms with van der Waals surface area (Å²) >= 11 is 0. The minimum absolute atomic E-state index is 0.859. The van der Waals surface area contributed by atoms with Crippen LogP contribution in [0.1, 0.15) is 44.4 Å². The highest BCUT2D eigenvalue weighted by molar-refractivity contribution is 5.80. The second-order valence-electron chi connectivity index (χ2n) is 9.33. The van der Waals surface area contributed by atoms with Gasteiger partial charge in [-0.2, -0.15) is 0 Å². The topological polar surface area (TPSA) is 37.7 Å². The SMILES string of the molecule is C=C(N=C(C)C)N1CCN(C(=C)c2cc(CN3CCN(/C(C)=N/CC)CC3)ccc2C)CC1. The lowest BCUT2D eigenvalue weighted by molar-refractivity contribution is 0.174. The van der Waals surface area contributed by atoms with E-state index in [0.29, 0.717) is 0 Å². The van der Waals surface area contributed by atoms with E-state index < -0.39 is 0 Å². The summed E-state index contributed by atoms with van der Waals surface area (Å²) in [6.45, 7) is 28.9. The van der Waals surface area contributed by atoms with Crippen LogP contribution in [0.2, 0.25) is 0 Å². The monoisotopic (exact) mass is 450 g/mol. The van der Waals surface area contributed by atoms with Crippen LogP contribution in [0.5, 0.6) is 0 Å². The van der Waals surface area contributed by atoms with Crippen molar-refractivity contribution in [2.75, 3.05) is 58.9 Å². The number of aliphatic imine (C=N–C) groups is 2. The molecule has 0 aromatic heterocycles. The van der Waals surface area contributed by atoms with Crippen molar-refractivity contribution >= 4 is 17.2 Å². The first-order valence-corrected chi connectivity index (χ1v) is 12.3. The van der Waals surface area contributed by atoms with Crippen LogP contribution < -0.4 is 0 Å². The lowest BCUT2D eigenvalue weighted by Gasteiger charge is -2.38. The molecule has 1 aromatic rings. The first-order chi connectivity index (χ1) is 15.8. The molecule has 0 aliphatic carbocycles. The summed E-state index contributed by atoms with van der Waals surface area (Å²) in [7, 11) is 0. The summed E-state index contributed by atoms with van der Waals surface area (Å²) in [5.41, 5.74) is 6.10. The molecule has 2 saturated heterocycles. The van der Waals surface area contributed by atoms with Gasteiger partial charge in [-0.25, -0.2) is 4.99 Å². The number of aryl methyl sites for hydroxylation is 1. The molecule has 3 rings (SSSR count). The highest BCUT2D eigenvalue weighted by atomic mass is 15.3. The fraction of sp³-hybridized carbons (Fsp3) is 0.556. The smallest absolute Gasteiger partial charge is 0.121 e. The van der Waals surface area contributed by atoms with Gasteiger partial charge in [-0.15, -0.1) is 0 Å². The average Bonchev–Trinajstić information content (AvgIpc) is 2.80. The van der Waals surface area contributed by atoms with E-state index in [-0.39, 0.29) is 0 Å². The molecule has 0 N–H and O–H groups in total. The summed E-state index contributed by atoms with van der Waals surface area (Å²) in [6.07, 6.45) is 0. The zero-order valence-electron chi connectivity index (χ0n) is 21.4. The molecule has 0 bridgehead atoms.